The molecule has 0 unspecified atom stereocenters. The number of ether oxygens (including phenoxy) is 3. The number of primary amides is 1. The molecule has 2 aliphatic rings. The van der Waals surface area contributed by atoms with E-state index in [1.54, 1.807) is 24.3 Å². The smallest absolute Gasteiger partial charge is 0.287 e. The third-order valence-electron chi connectivity index (χ3n) is 7.74. The maximum atomic E-state index is 13.0. The van der Waals surface area contributed by atoms with Gasteiger partial charge in [0, 0.05) is 63.2 Å². The fourth-order valence-corrected chi connectivity index (χ4v) is 5.09. The molecule has 13 nitrogen and oxygen atoms in total. The highest BCUT2D eigenvalue weighted by Gasteiger charge is 2.23. The van der Waals surface area contributed by atoms with E-state index in [1.165, 1.54) is 17.7 Å². The number of benzene rings is 3. The van der Waals surface area contributed by atoms with Gasteiger partial charge in [-0.25, -0.2) is 4.98 Å². The summed E-state index contributed by atoms with van der Waals surface area (Å²) in [5, 5.41) is 10.8. The summed E-state index contributed by atoms with van der Waals surface area (Å²) in [4.78, 5) is 43.9. The zero-order valence-electron chi connectivity index (χ0n) is 26.2. The molecule has 0 atom stereocenters. The second-order valence-electron chi connectivity index (χ2n) is 11.1. The maximum absolute atomic E-state index is 13.0. The van der Waals surface area contributed by atoms with Crippen LogP contribution in [0.25, 0.3) is 0 Å². The van der Waals surface area contributed by atoms with Crippen LogP contribution < -0.4 is 24.8 Å². The highest BCUT2D eigenvalue weighted by Crippen LogP contribution is 2.33. The molecule has 1 aromatic heterocycles. The van der Waals surface area contributed by atoms with Crippen LogP contribution in [0.3, 0.4) is 0 Å². The van der Waals surface area contributed by atoms with Gasteiger partial charge in [0.05, 0.1) is 11.5 Å². The molecule has 0 saturated carbocycles. The summed E-state index contributed by atoms with van der Waals surface area (Å²) in [7, 11) is 1.89. The van der Waals surface area contributed by atoms with Gasteiger partial charge in [-0.15, -0.1) is 0 Å². The van der Waals surface area contributed by atoms with Gasteiger partial charge in [0.25, 0.3) is 5.69 Å². The number of nitro groups is 1. The van der Waals surface area contributed by atoms with Crippen molar-refractivity contribution in [2.45, 2.75) is 13.5 Å². The lowest BCUT2D eigenvalue weighted by Gasteiger charge is -2.35. The van der Waals surface area contributed by atoms with Crippen molar-refractivity contribution in [1.29, 1.82) is 0 Å². The number of hydrogen-bond donors (Lipinski definition) is 1. The van der Waals surface area contributed by atoms with Crippen LogP contribution in [-0.4, -0.2) is 78.1 Å². The van der Waals surface area contributed by atoms with E-state index in [4.69, 9.17) is 19.9 Å². The van der Waals surface area contributed by atoms with Crippen LogP contribution in [0.15, 0.2) is 85.1 Å². The Morgan fingerprint density at radius 2 is 1.72 bits per heavy atom. The molecule has 3 aromatic carbocycles. The van der Waals surface area contributed by atoms with Crippen LogP contribution in [0, 0.1) is 17.0 Å². The number of fused-ring (bicyclic) bond motifs is 1. The number of likely N-dealkylation sites (N-methyl/N-ethyl adjacent to an activating group) is 1. The number of hydrogen-bond acceptors (Lipinski definition) is 10. The zero-order valence-corrected chi connectivity index (χ0v) is 26.2. The molecule has 4 aromatic rings. The molecule has 2 amide bonds. The Bertz CT molecular complexity index is 1710. The van der Waals surface area contributed by atoms with E-state index < -0.39 is 4.92 Å². The summed E-state index contributed by atoms with van der Waals surface area (Å²) < 4.78 is 16.6. The predicted octanol–water partition coefficient (Wildman–Crippen LogP) is 4.39. The molecule has 3 heterocycles. The highest BCUT2D eigenvalue weighted by molar-refractivity contribution is 5.92. The molecule has 2 aliphatic heterocycles. The third kappa shape index (κ3) is 8.73. The summed E-state index contributed by atoms with van der Waals surface area (Å²) in [5.74, 6) is 2.14. The molecule has 47 heavy (non-hydrogen) atoms. The molecular formula is C34H36N6O7. The fourth-order valence-electron chi connectivity index (χ4n) is 5.09. The summed E-state index contributed by atoms with van der Waals surface area (Å²) >= 11 is 0. The average molecular weight is 641 g/mol. The molecule has 0 aliphatic carbocycles. The molecule has 1 fully saturated rings. The number of anilines is 1. The number of piperazine rings is 1. The molecule has 244 valence electrons. The number of aromatic nitrogens is 1. The number of aryl methyl sites for hydroxylation is 1. The van der Waals surface area contributed by atoms with Crippen LogP contribution >= 0.6 is 0 Å². The monoisotopic (exact) mass is 640 g/mol. The largest absolute Gasteiger partial charge is 0.454 e. The van der Waals surface area contributed by atoms with Crippen molar-refractivity contribution in [3.05, 3.63) is 112 Å². The van der Waals surface area contributed by atoms with Crippen LogP contribution in [0.4, 0.5) is 11.4 Å². The number of carbonyl (C=O) groups excluding carboxylic acids is 2. The van der Waals surface area contributed by atoms with Crippen LogP contribution in [0.2, 0.25) is 0 Å². The van der Waals surface area contributed by atoms with Gasteiger partial charge >= 0.3 is 0 Å². The highest BCUT2D eigenvalue weighted by atomic mass is 16.7. The topological polar surface area (TPSA) is 154 Å². The van der Waals surface area contributed by atoms with Gasteiger partial charge < -0.3 is 29.7 Å². The van der Waals surface area contributed by atoms with Crippen LogP contribution in [0.5, 0.6) is 23.1 Å². The minimum atomic E-state index is -0.505. The Balaban J connectivity index is 0.000000417. The number of amides is 2. The summed E-state index contributed by atoms with van der Waals surface area (Å²) in [5.41, 5.74) is 8.35. The number of rotatable bonds is 9. The van der Waals surface area contributed by atoms with Gasteiger partial charge in [0.15, 0.2) is 11.5 Å². The minimum Gasteiger partial charge on any atom is -0.454 e. The second kappa shape index (κ2) is 15.1. The first-order valence-corrected chi connectivity index (χ1v) is 15.0. The Labute approximate surface area is 272 Å². The van der Waals surface area contributed by atoms with Crippen LogP contribution in [0.1, 0.15) is 21.5 Å². The Hall–Kier alpha value is -5.69. The van der Waals surface area contributed by atoms with Gasteiger partial charge in [-0.2, -0.15) is 0 Å². The van der Waals surface area contributed by atoms with E-state index in [2.05, 4.69) is 16.0 Å². The lowest BCUT2D eigenvalue weighted by Crippen LogP contribution is -2.50. The zero-order chi connectivity index (χ0) is 33.3. The number of carbonyl (C=O) groups is 2. The summed E-state index contributed by atoms with van der Waals surface area (Å²) in [6.07, 6.45) is 1.16. The van der Waals surface area contributed by atoms with Gasteiger partial charge in [0.2, 0.25) is 24.5 Å². The predicted molar refractivity (Wildman–Crippen MR) is 175 cm³/mol. The first kappa shape index (κ1) is 32.7. The lowest BCUT2D eigenvalue weighted by atomic mass is 10.1. The van der Waals surface area contributed by atoms with Gasteiger partial charge in [0.1, 0.15) is 11.9 Å². The molecule has 13 heteroatoms. The third-order valence-corrected chi connectivity index (χ3v) is 7.74. The number of nitrogens with two attached hydrogens (primary N) is 1. The summed E-state index contributed by atoms with van der Waals surface area (Å²) in [6, 6.07) is 23.2. The minimum absolute atomic E-state index is 0.0864. The molecule has 1 saturated heterocycles. The Morgan fingerprint density at radius 1 is 0.979 bits per heavy atom. The van der Waals surface area contributed by atoms with Gasteiger partial charge in [-0.3, -0.25) is 24.6 Å². The fraction of sp³-hybridized carbons (Fsp3) is 0.265. The molecule has 0 spiro atoms. The lowest BCUT2D eigenvalue weighted by molar-refractivity contribution is -0.385. The molecular weight excluding hydrogens is 604 g/mol. The van der Waals surface area contributed by atoms with Crippen molar-refractivity contribution in [1.82, 2.24) is 14.8 Å². The quantitative estimate of drug-likeness (QED) is 0.206. The van der Waals surface area contributed by atoms with Crippen molar-refractivity contribution in [3.8, 4) is 23.1 Å². The number of pyridine rings is 1. The van der Waals surface area contributed by atoms with Crippen LogP contribution in [-0.2, 0) is 11.3 Å². The van der Waals surface area contributed by atoms with E-state index in [9.17, 15) is 19.7 Å². The van der Waals surface area contributed by atoms with Crippen molar-refractivity contribution < 1.29 is 28.7 Å². The van der Waals surface area contributed by atoms with E-state index in [1.807, 2.05) is 60.2 Å². The molecule has 2 N–H and O–H groups in total. The van der Waals surface area contributed by atoms with Crippen molar-refractivity contribution in [3.63, 3.8) is 0 Å². The standard InChI is InChI=1S/C27H29N5O6.C7H7NO/c1-19-13-21(4-7-23(19)38-26-8-5-22(15-28-26)32(34)35)29(2)17-27(33)31-11-9-30(10-12-31)16-20-3-6-24-25(14-20)37-18-36-24;8-7(9)6-4-2-1-3-5-6/h3-8,13-15H,9-12,16-18H2,1-2H3;1-5H,(H2,8,9). The Morgan fingerprint density at radius 3 is 2.36 bits per heavy atom. The van der Waals surface area contributed by atoms with E-state index in [0.29, 0.717) is 24.4 Å². The molecule has 0 bridgehead atoms. The van der Waals surface area contributed by atoms with E-state index >= 15 is 0 Å². The summed E-state index contributed by atoms with van der Waals surface area (Å²) in [6.45, 7) is 6.24. The number of nitrogens with zero attached hydrogens (tertiary/aromatic N) is 5. The average Bonchev–Trinajstić information content (AvgIpc) is 3.55. The molecule has 0 radical (unpaired) electrons. The first-order valence-electron chi connectivity index (χ1n) is 15.0. The normalized spacial score (nSPS) is 13.7. The molecule has 6 rings (SSSR count). The second-order valence-corrected chi connectivity index (χ2v) is 11.1. The van der Waals surface area contributed by atoms with E-state index in [0.717, 1.165) is 48.6 Å². The first-order chi connectivity index (χ1) is 22.7. The van der Waals surface area contributed by atoms with Gasteiger partial charge in [-0.1, -0.05) is 24.3 Å². The van der Waals surface area contributed by atoms with Gasteiger partial charge in [-0.05, 0) is 60.5 Å². The SMILES string of the molecule is Cc1cc(N(C)CC(=O)N2CCN(Cc3ccc4c(c3)OCO4)CC2)ccc1Oc1ccc([N+](=O)[O-])cn1.NC(=O)c1ccccc1. The van der Waals surface area contributed by atoms with Crippen molar-refractivity contribution in [2.75, 3.05) is 51.5 Å². The van der Waals surface area contributed by atoms with E-state index in [-0.39, 0.29) is 36.7 Å². The van der Waals surface area contributed by atoms with Crippen molar-refractivity contribution in [2.24, 2.45) is 5.73 Å². The maximum Gasteiger partial charge on any atom is 0.287 e. The van der Waals surface area contributed by atoms with Crippen molar-refractivity contribution >= 4 is 23.2 Å². The Kier molecular flexibility index (Phi) is 10.5.